The minimum atomic E-state index is -3.74. The summed E-state index contributed by atoms with van der Waals surface area (Å²) in [6.45, 7) is 7.21. The van der Waals surface area contributed by atoms with E-state index in [4.69, 9.17) is 0 Å². The van der Waals surface area contributed by atoms with E-state index in [2.05, 4.69) is 115 Å². The Morgan fingerprint density at radius 1 is 0.605 bits per heavy atom. The molecule has 4 heteroatoms. The van der Waals surface area contributed by atoms with E-state index in [1.54, 1.807) is 22.3 Å². The number of hydrogen-bond donors (Lipinski definition) is 0. The summed E-state index contributed by atoms with van der Waals surface area (Å²) < 4.78 is 6.81. The Bertz CT molecular complexity index is 1540. The van der Waals surface area contributed by atoms with Crippen molar-refractivity contribution < 1.29 is 17.1 Å². The van der Waals surface area contributed by atoms with Gasteiger partial charge in [0, 0.05) is 0 Å². The molecule has 0 radical (unpaired) electrons. The van der Waals surface area contributed by atoms with E-state index in [1.165, 1.54) is 58.4 Å². The number of halogens is 2. The monoisotopic (exact) mass is 726 g/mol. The second kappa shape index (κ2) is 10.8. The van der Waals surface area contributed by atoms with Crippen LogP contribution in [-0.4, -0.2) is 6.94 Å². The second-order valence-electron chi connectivity index (χ2n) is 12.3. The molecule has 38 heavy (non-hydrogen) atoms. The van der Waals surface area contributed by atoms with Gasteiger partial charge in [0.25, 0.3) is 0 Å². The maximum absolute atomic E-state index is 3.74. The molecule has 0 aliphatic heterocycles. The van der Waals surface area contributed by atoms with Crippen molar-refractivity contribution in [3.05, 3.63) is 106 Å². The van der Waals surface area contributed by atoms with Crippen LogP contribution in [0.4, 0.5) is 0 Å². The molecule has 0 bridgehead atoms. The quantitative estimate of drug-likeness (QED) is 0.174. The molecule has 2 atom stereocenters. The molecule has 6 rings (SSSR count). The van der Waals surface area contributed by atoms with Gasteiger partial charge in [0.2, 0.25) is 0 Å². The Labute approximate surface area is 243 Å². The van der Waals surface area contributed by atoms with Gasteiger partial charge in [-0.25, -0.2) is 0 Å². The molecule has 4 aromatic rings. The largest absolute Gasteiger partial charge is 0.147 e. The molecule has 0 aromatic heterocycles. The summed E-state index contributed by atoms with van der Waals surface area (Å²) in [5.41, 5.74) is 9.69. The summed E-state index contributed by atoms with van der Waals surface area (Å²) in [6.07, 6.45) is 10.0. The van der Waals surface area contributed by atoms with Gasteiger partial charge in [-0.15, -0.1) is 24.8 Å². The summed E-state index contributed by atoms with van der Waals surface area (Å²) in [5, 5.41) is 5.75. The topological polar surface area (TPSA) is 0 Å². The zero-order chi connectivity index (χ0) is 25.1. The van der Waals surface area contributed by atoms with Crippen molar-refractivity contribution in [2.24, 2.45) is 0 Å². The number of benzene rings is 4. The number of hydrogen-bond acceptors (Lipinski definition) is 0. The third kappa shape index (κ3) is 4.54. The molecule has 198 valence electrons. The second-order valence-corrected chi connectivity index (χ2v) is 55.8. The summed E-state index contributed by atoms with van der Waals surface area (Å²) >= 11 is -3.74. The van der Waals surface area contributed by atoms with Crippen molar-refractivity contribution in [1.29, 1.82) is 0 Å². The van der Waals surface area contributed by atoms with Gasteiger partial charge in [-0.05, 0) is 0 Å². The Morgan fingerprint density at radius 2 is 1.00 bits per heavy atom. The molecule has 0 saturated carbocycles. The SMILES string of the molecule is CCCC1=Cc2ccc3ccccc3c2[CH]1[Hf]([CH3])([CH3])(=[SiH2])[CH]1C(CCC)=Cc2ccc3ccccc3c21.Cl.Cl. The first-order chi connectivity index (χ1) is 17.3. The van der Waals surface area contributed by atoms with Gasteiger partial charge >= 0.3 is 220 Å². The molecular weight excluding hydrogens is 686 g/mol. The Balaban J connectivity index is 0.00000168. The smallest absolute Gasteiger partial charge is 0.147 e. The molecule has 0 saturated heterocycles. The van der Waals surface area contributed by atoms with E-state index < -0.39 is 17.1 Å². The normalized spacial score (nSPS) is 18.3. The van der Waals surface area contributed by atoms with E-state index in [9.17, 15) is 0 Å². The van der Waals surface area contributed by atoms with Crippen LogP contribution in [0.15, 0.2) is 83.9 Å². The van der Waals surface area contributed by atoms with E-state index in [0.717, 1.165) is 0 Å². The van der Waals surface area contributed by atoms with Crippen molar-refractivity contribution in [3.63, 3.8) is 0 Å². The number of rotatable bonds is 6. The molecule has 2 unspecified atom stereocenters. The fourth-order valence-electron chi connectivity index (χ4n) is 7.80. The van der Waals surface area contributed by atoms with Crippen LogP contribution in [0.1, 0.15) is 69.1 Å². The van der Waals surface area contributed by atoms with Gasteiger partial charge in [-0.3, -0.25) is 0 Å². The van der Waals surface area contributed by atoms with Crippen molar-refractivity contribution in [3.8, 4) is 0 Å². The summed E-state index contributed by atoms with van der Waals surface area (Å²) in [7, 11) is 0. The van der Waals surface area contributed by atoms with Crippen LogP contribution in [0.25, 0.3) is 33.7 Å². The third-order valence-electron chi connectivity index (χ3n) is 8.98. The Kier molecular flexibility index (Phi) is 8.43. The Morgan fingerprint density at radius 3 is 1.39 bits per heavy atom. The van der Waals surface area contributed by atoms with Gasteiger partial charge in [-0.1, -0.05) is 0 Å². The predicted octanol–water partition coefficient (Wildman–Crippen LogP) is 10.3. The number of fused-ring (bicyclic) bond motifs is 6. The standard InChI is InChI=1S/2C16H15.2CH3.2ClH.Hf.H2Si/c2*1-2-5-12-10-14-9-8-13-6-3-4-7-15(13)16(14)11-12;;;;;;/h2*3-4,6-11H,2,5H2,1H3;2*1H3;2*1H;;1H2. The van der Waals surface area contributed by atoms with Crippen LogP contribution in [0, 0.1) is 0 Å². The van der Waals surface area contributed by atoms with E-state index in [1.807, 2.05) is 0 Å². The molecule has 2 aliphatic rings. The first-order valence-corrected chi connectivity index (χ1v) is 33.5. The fraction of sp³-hybridized carbons (Fsp3) is 0.294. The first kappa shape index (κ1) is 29.5. The van der Waals surface area contributed by atoms with Gasteiger partial charge in [-0.2, -0.15) is 0 Å². The summed E-state index contributed by atoms with van der Waals surface area (Å²) in [4.78, 5) is 0. The molecule has 0 amide bonds. The van der Waals surface area contributed by atoms with Gasteiger partial charge < -0.3 is 0 Å². The minimum Gasteiger partial charge on any atom is -0.147 e. The fourth-order valence-corrected chi connectivity index (χ4v) is 36.1. The summed E-state index contributed by atoms with van der Waals surface area (Å²) in [6, 6.07) is 27.8. The van der Waals surface area contributed by atoms with Crippen LogP contribution >= 0.6 is 24.8 Å². The van der Waals surface area contributed by atoms with E-state index in [0.29, 0.717) is 7.35 Å². The van der Waals surface area contributed by atoms with E-state index >= 15 is 0 Å². The Hall–Kier alpha value is -1.45. The minimum absolute atomic E-state index is 0. The molecular formula is C34H40Cl2HfSi. The van der Waals surface area contributed by atoms with Crippen molar-refractivity contribution >= 4 is 65.5 Å². The molecule has 0 spiro atoms. The molecule has 0 heterocycles. The van der Waals surface area contributed by atoms with Crippen LogP contribution in [0.2, 0.25) is 9.36 Å². The molecule has 4 aromatic carbocycles. The molecule has 0 fully saturated rings. The first-order valence-electron chi connectivity index (χ1n) is 13.8. The van der Waals surface area contributed by atoms with Crippen LogP contribution in [-0.2, 0) is 17.1 Å². The van der Waals surface area contributed by atoms with E-state index in [-0.39, 0.29) is 24.8 Å². The third-order valence-corrected chi connectivity index (χ3v) is 34.0. The zero-order valence-corrected chi connectivity index (χ0v) is 29.7. The molecule has 0 nitrogen and oxygen atoms in total. The average molecular weight is 726 g/mol. The molecule has 2 aliphatic carbocycles. The van der Waals surface area contributed by atoms with Crippen molar-refractivity contribution in [1.82, 2.24) is 0 Å². The van der Waals surface area contributed by atoms with Gasteiger partial charge in [0.05, 0.1) is 0 Å². The van der Waals surface area contributed by atoms with Crippen molar-refractivity contribution in [2.75, 3.05) is 0 Å². The molecule has 0 N–H and O–H groups in total. The predicted molar refractivity (Wildman–Crippen MR) is 174 cm³/mol. The van der Waals surface area contributed by atoms with Gasteiger partial charge in [0.15, 0.2) is 0 Å². The van der Waals surface area contributed by atoms with Crippen LogP contribution in [0.3, 0.4) is 0 Å². The average Bonchev–Trinajstić information content (AvgIpc) is 3.44. The van der Waals surface area contributed by atoms with Gasteiger partial charge in [0.1, 0.15) is 0 Å². The van der Waals surface area contributed by atoms with Crippen molar-refractivity contribution in [2.45, 2.75) is 56.2 Å². The number of allylic oxidation sites excluding steroid dienone is 2. The maximum atomic E-state index is 2.81. The summed E-state index contributed by atoms with van der Waals surface area (Å²) in [5.74, 6) is 0. The zero-order valence-electron chi connectivity index (χ0n) is 23.1. The maximum Gasteiger partial charge on any atom is -0.147 e. The van der Waals surface area contributed by atoms with Crippen LogP contribution < -0.4 is 0 Å². The van der Waals surface area contributed by atoms with Crippen LogP contribution in [0.5, 0.6) is 0 Å².